The Morgan fingerprint density at radius 1 is 2.00 bits per heavy atom. The van der Waals surface area contributed by atoms with Gasteiger partial charge in [-0.15, -0.1) is 0 Å². The Morgan fingerprint density at radius 3 is 2.86 bits per heavy atom. The lowest BCUT2D eigenvalue weighted by atomic mass is 10.4. The molecule has 1 aliphatic rings. The Bertz CT molecular complexity index is 121. The first-order valence-electron chi connectivity index (χ1n) is 1.96. The molecule has 2 nitrogen and oxygen atoms in total. The highest BCUT2D eigenvalue weighted by atomic mass is 32.2. The highest BCUT2D eigenvalue weighted by Crippen LogP contribution is 2.11. The van der Waals surface area contributed by atoms with E-state index in [1.165, 1.54) is 0 Å². The Hall–Kier alpha value is -0.310. The summed E-state index contributed by atoms with van der Waals surface area (Å²) in [5.74, 6) is 0. The van der Waals surface area contributed by atoms with Crippen LogP contribution >= 0.6 is 11.8 Å². The van der Waals surface area contributed by atoms with E-state index >= 15 is 0 Å². The minimum atomic E-state index is -0.148. The smallest absolute Gasteiger partial charge is 0.219 e. The topological polar surface area (TPSA) is 29.4 Å². The molecule has 0 aromatic heterocycles. The SMILES string of the molecule is CC1N=[C]SC1=O. The zero-order valence-corrected chi connectivity index (χ0v) is 4.66. The van der Waals surface area contributed by atoms with Crippen LogP contribution in [0.25, 0.3) is 0 Å². The largest absolute Gasteiger partial charge is 0.284 e. The number of aliphatic imine (C=N–C) groups is 1. The third-order valence-corrected chi connectivity index (χ3v) is 1.47. The molecule has 0 fully saturated rings. The fourth-order valence-electron chi connectivity index (χ4n) is 0.288. The highest BCUT2D eigenvalue weighted by molar-refractivity contribution is 8.25. The van der Waals surface area contributed by atoms with Gasteiger partial charge in [0, 0.05) is 0 Å². The van der Waals surface area contributed by atoms with E-state index in [0.29, 0.717) is 0 Å². The summed E-state index contributed by atoms with van der Waals surface area (Å²) in [5, 5.41) is 0.0972. The second-order valence-electron chi connectivity index (χ2n) is 1.32. The monoisotopic (exact) mass is 114 g/mol. The Balaban J connectivity index is 2.62. The van der Waals surface area contributed by atoms with Gasteiger partial charge in [0.1, 0.15) is 11.6 Å². The molecule has 1 unspecified atom stereocenters. The first kappa shape index (κ1) is 4.84. The fourth-order valence-corrected chi connectivity index (χ4v) is 0.812. The molecule has 0 amide bonds. The number of hydrogen-bond acceptors (Lipinski definition) is 3. The number of nitrogens with zero attached hydrogens (tertiary/aromatic N) is 1. The van der Waals surface area contributed by atoms with Gasteiger partial charge in [-0.05, 0) is 18.7 Å². The van der Waals surface area contributed by atoms with Crippen LogP contribution in [0.4, 0.5) is 0 Å². The van der Waals surface area contributed by atoms with Crippen molar-refractivity contribution in [3.8, 4) is 0 Å². The van der Waals surface area contributed by atoms with Crippen LogP contribution in [0.5, 0.6) is 0 Å². The zero-order valence-electron chi connectivity index (χ0n) is 3.84. The van der Waals surface area contributed by atoms with E-state index in [2.05, 4.69) is 10.5 Å². The van der Waals surface area contributed by atoms with Gasteiger partial charge in [-0.1, -0.05) is 0 Å². The molecule has 0 N–H and O–H groups in total. The van der Waals surface area contributed by atoms with E-state index in [1.54, 1.807) is 6.92 Å². The van der Waals surface area contributed by atoms with Crippen molar-refractivity contribution in [2.24, 2.45) is 4.99 Å². The van der Waals surface area contributed by atoms with E-state index in [-0.39, 0.29) is 11.2 Å². The number of carbonyl (C=O) groups is 1. The van der Waals surface area contributed by atoms with Crippen LogP contribution < -0.4 is 0 Å². The van der Waals surface area contributed by atoms with E-state index in [1.807, 2.05) is 0 Å². The maximum Gasteiger partial charge on any atom is 0.219 e. The first-order valence-corrected chi connectivity index (χ1v) is 2.78. The van der Waals surface area contributed by atoms with Crippen molar-refractivity contribution in [3.63, 3.8) is 0 Å². The van der Waals surface area contributed by atoms with Gasteiger partial charge in [-0.25, -0.2) is 0 Å². The molecule has 37 valence electrons. The minimum Gasteiger partial charge on any atom is -0.284 e. The van der Waals surface area contributed by atoms with Gasteiger partial charge in [0.05, 0.1) is 0 Å². The van der Waals surface area contributed by atoms with E-state index in [0.717, 1.165) is 11.8 Å². The molecular weight excluding hydrogens is 110 g/mol. The average molecular weight is 114 g/mol. The predicted octanol–water partition coefficient (Wildman–Crippen LogP) is 0.554. The average Bonchev–Trinajstić information content (AvgIpc) is 1.91. The summed E-state index contributed by atoms with van der Waals surface area (Å²) >= 11 is 1.05. The Kier molecular flexibility index (Phi) is 1.15. The molecule has 1 radical (unpaired) electrons. The van der Waals surface area contributed by atoms with Crippen LogP contribution in [-0.4, -0.2) is 16.7 Å². The Morgan fingerprint density at radius 2 is 2.71 bits per heavy atom. The van der Waals surface area contributed by atoms with Gasteiger partial charge in [0.2, 0.25) is 5.12 Å². The molecule has 1 atom stereocenters. The summed E-state index contributed by atoms with van der Waals surface area (Å²) in [6.45, 7) is 1.76. The van der Waals surface area contributed by atoms with Crippen molar-refractivity contribution < 1.29 is 4.79 Å². The van der Waals surface area contributed by atoms with Crippen LogP contribution in [-0.2, 0) is 4.79 Å². The molecule has 0 saturated carbocycles. The van der Waals surface area contributed by atoms with E-state index in [9.17, 15) is 4.79 Å². The van der Waals surface area contributed by atoms with Gasteiger partial charge in [-0.2, -0.15) is 0 Å². The molecule has 0 spiro atoms. The van der Waals surface area contributed by atoms with Gasteiger partial charge in [0.25, 0.3) is 0 Å². The molecule has 1 aliphatic heterocycles. The second kappa shape index (κ2) is 1.66. The molecule has 0 aromatic carbocycles. The van der Waals surface area contributed by atoms with E-state index < -0.39 is 0 Å². The summed E-state index contributed by atoms with van der Waals surface area (Å²) in [7, 11) is 0. The van der Waals surface area contributed by atoms with Crippen molar-refractivity contribution in [2.75, 3.05) is 0 Å². The lowest BCUT2D eigenvalue weighted by molar-refractivity contribution is -0.111. The number of thioether (sulfide) groups is 1. The fraction of sp³-hybridized carbons (Fsp3) is 0.500. The molecule has 1 heterocycles. The van der Waals surface area contributed by atoms with Gasteiger partial charge >= 0.3 is 0 Å². The summed E-state index contributed by atoms with van der Waals surface area (Å²) in [6, 6.07) is -0.148. The van der Waals surface area contributed by atoms with Crippen molar-refractivity contribution >= 4 is 22.4 Å². The van der Waals surface area contributed by atoms with Gasteiger partial charge in [0.15, 0.2) is 0 Å². The minimum absolute atomic E-state index is 0.0972. The lowest BCUT2D eigenvalue weighted by Crippen LogP contribution is -2.02. The number of carbonyl (C=O) groups excluding carboxylic acids is 1. The normalized spacial score (nSPS) is 29.3. The molecule has 3 heteroatoms. The summed E-state index contributed by atoms with van der Waals surface area (Å²) in [5.41, 5.74) is 2.51. The van der Waals surface area contributed by atoms with Gasteiger partial charge in [-0.3, -0.25) is 9.79 Å². The molecule has 0 aromatic rings. The number of rotatable bonds is 0. The maximum atomic E-state index is 10.4. The molecule has 0 saturated heterocycles. The standard InChI is InChI=1S/C4H4NOS/c1-3-4(6)7-2-5-3/h3H,1H3. The third kappa shape index (κ3) is 0.825. The summed E-state index contributed by atoms with van der Waals surface area (Å²) < 4.78 is 0. The second-order valence-corrected chi connectivity index (χ2v) is 2.11. The highest BCUT2D eigenvalue weighted by Gasteiger charge is 2.15. The van der Waals surface area contributed by atoms with Crippen LogP contribution in [0.2, 0.25) is 0 Å². The van der Waals surface area contributed by atoms with Crippen molar-refractivity contribution in [1.29, 1.82) is 0 Å². The lowest BCUT2D eigenvalue weighted by Gasteiger charge is -1.87. The van der Waals surface area contributed by atoms with Crippen molar-refractivity contribution in [3.05, 3.63) is 0 Å². The van der Waals surface area contributed by atoms with Crippen LogP contribution in [0, 0.1) is 0 Å². The quantitative estimate of drug-likeness (QED) is 0.460. The van der Waals surface area contributed by atoms with E-state index in [4.69, 9.17) is 0 Å². The maximum absolute atomic E-state index is 10.4. The van der Waals surface area contributed by atoms with Crippen LogP contribution in [0.1, 0.15) is 6.92 Å². The zero-order chi connectivity index (χ0) is 5.28. The third-order valence-electron chi connectivity index (χ3n) is 0.734. The van der Waals surface area contributed by atoms with Crippen LogP contribution in [0.3, 0.4) is 0 Å². The van der Waals surface area contributed by atoms with Crippen molar-refractivity contribution in [1.82, 2.24) is 0 Å². The molecular formula is C4H4NOS. The van der Waals surface area contributed by atoms with Gasteiger partial charge < -0.3 is 0 Å². The summed E-state index contributed by atoms with van der Waals surface area (Å²) in [6.07, 6.45) is 0. The first-order chi connectivity index (χ1) is 3.30. The van der Waals surface area contributed by atoms with Crippen LogP contribution in [0.15, 0.2) is 4.99 Å². The molecule has 7 heavy (non-hydrogen) atoms. The summed E-state index contributed by atoms with van der Waals surface area (Å²) in [4.78, 5) is 14.1. The number of hydrogen-bond donors (Lipinski definition) is 0. The molecule has 0 aliphatic carbocycles. The molecule has 0 bridgehead atoms. The Labute approximate surface area is 46.0 Å². The molecule has 1 rings (SSSR count). The van der Waals surface area contributed by atoms with Crippen molar-refractivity contribution in [2.45, 2.75) is 13.0 Å². The predicted molar refractivity (Wildman–Crippen MR) is 29.5 cm³/mol.